The van der Waals surface area contributed by atoms with Crippen molar-refractivity contribution in [1.29, 1.82) is 0 Å². The van der Waals surface area contributed by atoms with Crippen LogP contribution in [0, 0.1) is 6.92 Å². The van der Waals surface area contributed by atoms with Gasteiger partial charge in [-0.15, -0.1) is 11.8 Å². The van der Waals surface area contributed by atoms with Crippen LogP contribution in [-0.2, 0) is 25.5 Å². The maximum absolute atomic E-state index is 12.8. The minimum Gasteiger partial charge on any atom is -0.477 e. The molecule has 7 nitrogen and oxygen atoms in total. The number of amides is 1. The summed E-state index contributed by atoms with van der Waals surface area (Å²) in [6, 6.07) is 16.0. The van der Waals surface area contributed by atoms with E-state index < -0.39 is 23.4 Å². The third-order valence-corrected chi connectivity index (χ3v) is 6.55. The third-order valence-electron chi connectivity index (χ3n) is 5.32. The van der Waals surface area contributed by atoms with Gasteiger partial charge in [-0.25, -0.2) is 9.59 Å². The van der Waals surface area contributed by atoms with E-state index in [0.717, 1.165) is 16.7 Å². The number of benzene rings is 2. The summed E-state index contributed by atoms with van der Waals surface area (Å²) < 4.78 is 5.31. The number of nitrogens with one attached hydrogen (secondary N) is 2. The SMILES string of the molecule is CCCOC(=O)C(NC(=O)Cc1ccccc1)C1NC(C(=O)O)=C(/C=C/c2ccc(C)cc2)CS1. The standard InChI is InChI=1S/C27H30N2O5S/c1-3-15-34-27(33)24(28-22(30)16-20-7-5-4-6-8-20)25-29-23(26(31)32)21(17-35-25)14-13-19-11-9-18(2)10-12-19/h4-14,24-25,29H,3,15-17H2,1-2H3,(H,28,30)(H,31,32)/b14-13+. The summed E-state index contributed by atoms with van der Waals surface area (Å²) in [6.45, 7) is 4.09. The first-order chi connectivity index (χ1) is 16.9. The Morgan fingerprint density at radius 2 is 1.86 bits per heavy atom. The van der Waals surface area contributed by atoms with Gasteiger partial charge >= 0.3 is 11.9 Å². The lowest BCUT2D eigenvalue weighted by molar-refractivity contribution is -0.148. The monoisotopic (exact) mass is 494 g/mol. The number of carbonyl (C=O) groups excluding carboxylic acids is 2. The zero-order chi connectivity index (χ0) is 25.2. The van der Waals surface area contributed by atoms with Gasteiger partial charge in [0.2, 0.25) is 5.91 Å². The fourth-order valence-electron chi connectivity index (χ4n) is 3.47. The molecule has 0 spiro atoms. The van der Waals surface area contributed by atoms with Gasteiger partial charge in [-0.1, -0.05) is 79.2 Å². The molecule has 0 fully saturated rings. The molecule has 2 atom stereocenters. The molecule has 2 aromatic rings. The molecule has 2 aromatic carbocycles. The average molecular weight is 495 g/mol. The molecule has 0 saturated heterocycles. The number of esters is 1. The van der Waals surface area contributed by atoms with Gasteiger partial charge in [0.15, 0.2) is 6.04 Å². The molecule has 0 aliphatic carbocycles. The van der Waals surface area contributed by atoms with Gasteiger partial charge in [-0.3, -0.25) is 4.79 Å². The van der Waals surface area contributed by atoms with Crippen LogP contribution in [-0.4, -0.2) is 46.7 Å². The van der Waals surface area contributed by atoms with Gasteiger partial charge in [0.25, 0.3) is 0 Å². The summed E-state index contributed by atoms with van der Waals surface area (Å²) in [5, 5.41) is 14.8. The number of rotatable bonds is 10. The lowest BCUT2D eigenvalue weighted by Crippen LogP contribution is -2.55. The van der Waals surface area contributed by atoms with E-state index in [2.05, 4.69) is 10.6 Å². The van der Waals surface area contributed by atoms with Crippen molar-refractivity contribution in [2.24, 2.45) is 0 Å². The smallest absolute Gasteiger partial charge is 0.352 e. The van der Waals surface area contributed by atoms with E-state index in [1.807, 2.05) is 74.5 Å². The molecule has 0 bridgehead atoms. The normalized spacial score (nSPS) is 16.5. The topological polar surface area (TPSA) is 105 Å². The van der Waals surface area contributed by atoms with Gasteiger partial charge in [0.05, 0.1) is 13.0 Å². The fraction of sp³-hybridized carbons (Fsp3) is 0.296. The zero-order valence-electron chi connectivity index (χ0n) is 19.8. The molecule has 0 aromatic heterocycles. The molecule has 1 aliphatic heterocycles. The van der Waals surface area contributed by atoms with Crippen LogP contribution in [0.5, 0.6) is 0 Å². The summed E-state index contributed by atoms with van der Waals surface area (Å²) in [4.78, 5) is 37.6. The Morgan fingerprint density at radius 3 is 2.51 bits per heavy atom. The summed E-state index contributed by atoms with van der Waals surface area (Å²) in [7, 11) is 0. The number of carbonyl (C=O) groups is 3. The van der Waals surface area contributed by atoms with Crippen LogP contribution in [0.3, 0.4) is 0 Å². The third kappa shape index (κ3) is 7.75. The van der Waals surface area contributed by atoms with Crippen molar-refractivity contribution in [3.63, 3.8) is 0 Å². The Hall–Kier alpha value is -3.52. The Kier molecular flexibility index (Phi) is 9.55. The van der Waals surface area contributed by atoms with Crippen molar-refractivity contribution in [1.82, 2.24) is 10.6 Å². The molecule has 1 aliphatic rings. The summed E-state index contributed by atoms with van der Waals surface area (Å²) in [5.41, 5.74) is 3.50. The minimum atomic E-state index is -1.13. The molecule has 3 rings (SSSR count). The van der Waals surface area contributed by atoms with Crippen molar-refractivity contribution < 1.29 is 24.2 Å². The summed E-state index contributed by atoms with van der Waals surface area (Å²) >= 11 is 1.35. The van der Waals surface area contributed by atoms with E-state index in [1.165, 1.54) is 11.8 Å². The maximum Gasteiger partial charge on any atom is 0.352 e. The van der Waals surface area contributed by atoms with Gasteiger partial charge in [-0.2, -0.15) is 0 Å². The van der Waals surface area contributed by atoms with Crippen LogP contribution in [0.2, 0.25) is 0 Å². The van der Waals surface area contributed by atoms with Gasteiger partial charge in [-0.05, 0) is 30.0 Å². The largest absolute Gasteiger partial charge is 0.477 e. The van der Waals surface area contributed by atoms with E-state index in [1.54, 1.807) is 6.08 Å². The molecule has 1 amide bonds. The second kappa shape index (κ2) is 12.8. The highest BCUT2D eigenvalue weighted by atomic mass is 32.2. The first-order valence-corrected chi connectivity index (χ1v) is 12.5. The fourth-order valence-corrected chi connectivity index (χ4v) is 4.64. The van der Waals surface area contributed by atoms with Crippen LogP contribution >= 0.6 is 11.8 Å². The van der Waals surface area contributed by atoms with Crippen molar-refractivity contribution >= 4 is 35.7 Å². The second-order valence-electron chi connectivity index (χ2n) is 8.20. The summed E-state index contributed by atoms with van der Waals surface area (Å²) in [6.07, 6.45) is 4.36. The van der Waals surface area contributed by atoms with Gasteiger partial charge < -0.3 is 20.5 Å². The molecule has 0 saturated carbocycles. The number of aryl methyl sites for hydroxylation is 1. The van der Waals surface area contributed by atoms with Crippen LogP contribution in [0.15, 0.2) is 71.9 Å². The van der Waals surface area contributed by atoms with E-state index in [4.69, 9.17) is 4.74 Å². The first-order valence-electron chi connectivity index (χ1n) is 11.5. The van der Waals surface area contributed by atoms with E-state index in [9.17, 15) is 19.5 Å². The number of thioether (sulfide) groups is 1. The Morgan fingerprint density at radius 1 is 1.14 bits per heavy atom. The first kappa shape index (κ1) is 26.1. The Labute approximate surface area is 209 Å². The maximum atomic E-state index is 12.8. The lowest BCUT2D eigenvalue weighted by Gasteiger charge is -2.31. The molecule has 8 heteroatoms. The number of aliphatic carboxylic acids is 1. The Balaban J connectivity index is 1.78. The quantitative estimate of drug-likeness (QED) is 0.433. The van der Waals surface area contributed by atoms with Crippen LogP contribution in [0.25, 0.3) is 6.08 Å². The highest BCUT2D eigenvalue weighted by molar-refractivity contribution is 8.00. The molecular formula is C27H30N2O5S. The van der Waals surface area contributed by atoms with E-state index >= 15 is 0 Å². The second-order valence-corrected chi connectivity index (χ2v) is 9.33. The van der Waals surface area contributed by atoms with E-state index in [0.29, 0.717) is 17.7 Å². The van der Waals surface area contributed by atoms with E-state index in [-0.39, 0.29) is 24.6 Å². The number of allylic oxidation sites excluding steroid dienone is 1. The lowest BCUT2D eigenvalue weighted by atomic mass is 10.1. The zero-order valence-corrected chi connectivity index (χ0v) is 20.6. The molecule has 1 heterocycles. The number of hydrogen-bond donors (Lipinski definition) is 3. The van der Waals surface area contributed by atoms with Crippen LogP contribution < -0.4 is 10.6 Å². The molecule has 2 unspecified atom stereocenters. The predicted molar refractivity (Wildman–Crippen MR) is 138 cm³/mol. The van der Waals surface area contributed by atoms with Crippen molar-refractivity contribution in [2.45, 2.75) is 38.1 Å². The van der Waals surface area contributed by atoms with Gasteiger partial charge in [0.1, 0.15) is 11.1 Å². The van der Waals surface area contributed by atoms with Crippen molar-refractivity contribution in [3.05, 3.63) is 88.6 Å². The van der Waals surface area contributed by atoms with Crippen molar-refractivity contribution in [2.75, 3.05) is 12.4 Å². The number of hydrogen-bond acceptors (Lipinski definition) is 6. The predicted octanol–water partition coefficient (Wildman–Crippen LogP) is 3.69. The molecule has 35 heavy (non-hydrogen) atoms. The van der Waals surface area contributed by atoms with Crippen molar-refractivity contribution in [3.8, 4) is 0 Å². The Bertz CT molecular complexity index is 1100. The minimum absolute atomic E-state index is 0.00251. The molecule has 184 valence electrons. The van der Waals surface area contributed by atoms with Crippen LogP contribution in [0.1, 0.15) is 30.0 Å². The average Bonchev–Trinajstić information content (AvgIpc) is 2.86. The highest BCUT2D eigenvalue weighted by Gasteiger charge is 2.36. The highest BCUT2D eigenvalue weighted by Crippen LogP contribution is 2.27. The number of ether oxygens (including phenoxy) is 1. The molecule has 0 radical (unpaired) electrons. The number of carboxylic acid groups (broad SMARTS) is 1. The van der Waals surface area contributed by atoms with Gasteiger partial charge in [0, 0.05) is 5.75 Å². The number of carboxylic acids is 1. The van der Waals surface area contributed by atoms with Crippen LogP contribution in [0.4, 0.5) is 0 Å². The summed E-state index contributed by atoms with van der Waals surface area (Å²) in [5.74, 6) is -1.71. The molecular weight excluding hydrogens is 464 g/mol. The molecule has 3 N–H and O–H groups in total.